The summed E-state index contributed by atoms with van der Waals surface area (Å²) in [5.41, 5.74) is 0.598. The molecule has 116 valence electrons. The van der Waals surface area contributed by atoms with Gasteiger partial charge in [-0.25, -0.2) is 4.90 Å². The zero-order chi connectivity index (χ0) is 15.9. The molecule has 1 saturated heterocycles. The number of fused-ring (bicyclic) bond motifs is 1. The van der Waals surface area contributed by atoms with Crippen molar-refractivity contribution in [1.29, 1.82) is 0 Å². The average molecular weight is 306 g/mol. The maximum absolute atomic E-state index is 12.2. The number of β-amino-alcohol motifs (C(OH)–C–C–N with tert-alkyl or cyclic N) is 1. The van der Waals surface area contributed by atoms with E-state index in [1.807, 2.05) is 0 Å². The van der Waals surface area contributed by atoms with Crippen LogP contribution >= 0.6 is 0 Å². The molecule has 2 aliphatic heterocycles. The molecule has 9 nitrogen and oxygen atoms in total. The first-order valence-corrected chi connectivity index (χ1v) is 6.73. The molecule has 1 N–H and O–H groups in total. The lowest BCUT2D eigenvalue weighted by Gasteiger charge is -2.30. The van der Waals surface area contributed by atoms with Crippen molar-refractivity contribution in [2.75, 3.05) is 13.1 Å². The third-order valence-electron chi connectivity index (χ3n) is 3.54. The molecule has 9 heteroatoms. The van der Waals surface area contributed by atoms with Gasteiger partial charge in [-0.05, 0) is 19.1 Å². The second kappa shape index (κ2) is 5.26. The Labute approximate surface area is 125 Å². The second-order valence-electron chi connectivity index (χ2n) is 5.09. The first-order chi connectivity index (χ1) is 10.5. The molecule has 22 heavy (non-hydrogen) atoms. The lowest BCUT2D eigenvalue weighted by atomic mass is 10.1. The van der Waals surface area contributed by atoms with Crippen LogP contribution in [-0.4, -0.2) is 57.2 Å². The maximum atomic E-state index is 12.2. The molecule has 2 heterocycles. The van der Waals surface area contributed by atoms with Crippen LogP contribution in [0.4, 0.5) is 0 Å². The number of aliphatic hydroxyl groups is 1. The summed E-state index contributed by atoms with van der Waals surface area (Å²) < 4.78 is 0. The van der Waals surface area contributed by atoms with Gasteiger partial charge in [0.05, 0.1) is 16.1 Å². The molecule has 0 aliphatic carbocycles. The van der Waals surface area contributed by atoms with Gasteiger partial charge in [-0.2, -0.15) is 0 Å². The van der Waals surface area contributed by atoms with E-state index in [9.17, 15) is 14.8 Å². The van der Waals surface area contributed by atoms with Gasteiger partial charge in [0.25, 0.3) is 11.8 Å². The van der Waals surface area contributed by atoms with Gasteiger partial charge in [-0.15, -0.1) is 5.01 Å². The molecular formula is C13H14N4O5. The van der Waals surface area contributed by atoms with E-state index in [2.05, 4.69) is 5.28 Å². The van der Waals surface area contributed by atoms with Crippen LogP contribution in [0.15, 0.2) is 29.5 Å². The molecule has 0 aromatic heterocycles. The Balaban J connectivity index is 1.69. The van der Waals surface area contributed by atoms with Crippen molar-refractivity contribution in [1.82, 2.24) is 9.91 Å². The van der Waals surface area contributed by atoms with Crippen LogP contribution in [0, 0.1) is 5.21 Å². The minimum Gasteiger partial charge on any atom is -0.569 e. The van der Waals surface area contributed by atoms with Crippen molar-refractivity contribution in [2.45, 2.75) is 19.3 Å². The van der Waals surface area contributed by atoms with Crippen LogP contribution in [0.5, 0.6) is 0 Å². The van der Waals surface area contributed by atoms with Gasteiger partial charge in [-0.3, -0.25) is 9.59 Å². The van der Waals surface area contributed by atoms with E-state index < -0.39 is 24.1 Å². The van der Waals surface area contributed by atoms with Gasteiger partial charge in [0.1, 0.15) is 19.2 Å². The Morgan fingerprint density at radius 3 is 2.36 bits per heavy atom. The average Bonchev–Trinajstić information content (AvgIpc) is 2.73. The Morgan fingerprint density at radius 1 is 1.32 bits per heavy atom. The molecule has 1 aromatic rings. The van der Waals surface area contributed by atoms with E-state index >= 15 is 0 Å². The van der Waals surface area contributed by atoms with Crippen molar-refractivity contribution < 1.29 is 24.5 Å². The van der Waals surface area contributed by atoms with Crippen LogP contribution in [0.25, 0.3) is 0 Å². The van der Waals surface area contributed by atoms with Crippen LogP contribution in [0.1, 0.15) is 27.6 Å². The highest BCUT2D eigenvalue weighted by Gasteiger charge is 2.40. The quantitative estimate of drug-likeness (QED) is 0.366. The first-order valence-electron chi connectivity index (χ1n) is 6.73. The van der Waals surface area contributed by atoms with Crippen molar-refractivity contribution in [3.63, 3.8) is 0 Å². The molecule has 0 spiro atoms. The van der Waals surface area contributed by atoms with Crippen molar-refractivity contribution in [2.24, 2.45) is 5.28 Å². The Kier molecular flexibility index (Phi) is 3.41. The summed E-state index contributed by atoms with van der Waals surface area (Å²) in [6, 6.07) is 6.44. The summed E-state index contributed by atoms with van der Waals surface area (Å²) in [7, 11) is 0. The molecule has 0 bridgehead atoms. The molecule has 2 amide bonds. The summed E-state index contributed by atoms with van der Waals surface area (Å²) in [5, 5.41) is 25.1. The monoisotopic (exact) mass is 306 g/mol. The minimum atomic E-state index is -1.02. The zero-order valence-corrected chi connectivity index (χ0v) is 11.7. The molecular weight excluding hydrogens is 292 g/mol. The number of amides is 2. The third kappa shape index (κ3) is 2.25. The molecule has 1 aromatic carbocycles. The molecule has 1 unspecified atom stereocenters. The van der Waals surface area contributed by atoms with E-state index in [4.69, 9.17) is 9.94 Å². The standard InChI is InChI=1S/C13H14N4O5/c1-8(22-14-17(21)15-6-9(18)7-15)16-12(19)10-4-2-3-5-11(10)13(16)20/h2-5,8-9,18H,6-7H2,1H3/b17-14-. The molecule has 1 atom stereocenters. The second-order valence-corrected chi connectivity index (χ2v) is 5.09. The van der Waals surface area contributed by atoms with Gasteiger partial charge in [-0.1, -0.05) is 12.1 Å². The van der Waals surface area contributed by atoms with Gasteiger partial charge in [0, 0.05) is 0 Å². The van der Waals surface area contributed by atoms with E-state index in [-0.39, 0.29) is 18.1 Å². The first kappa shape index (κ1) is 14.3. The number of aliphatic hydroxyl groups excluding tert-OH is 1. The number of carbonyl (C=O) groups excluding carboxylic acids is 2. The summed E-state index contributed by atoms with van der Waals surface area (Å²) in [4.78, 5) is 30.4. The predicted molar refractivity (Wildman–Crippen MR) is 71.1 cm³/mol. The van der Waals surface area contributed by atoms with Crippen molar-refractivity contribution >= 4 is 11.8 Å². The van der Waals surface area contributed by atoms with Gasteiger partial charge < -0.3 is 15.2 Å². The van der Waals surface area contributed by atoms with E-state index in [0.717, 1.165) is 4.90 Å². The number of hydrazine groups is 1. The topological polar surface area (TPSA) is 109 Å². The number of hydrogen-bond donors (Lipinski definition) is 1. The molecule has 1 fully saturated rings. The Bertz CT molecular complexity index is 621. The van der Waals surface area contributed by atoms with Crippen LogP contribution in [-0.2, 0) is 4.84 Å². The number of hydrogen-bond acceptors (Lipinski definition) is 6. The highest BCUT2D eigenvalue weighted by atomic mass is 16.7. The molecule has 2 aliphatic rings. The van der Waals surface area contributed by atoms with Crippen molar-refractivity contribution in [3.8, 4) is 0 Å². The van der Waals surface area contributed by atoms with E-state index in [1.165, 1.54) is 11.9 Å². The molecule has 0 radical (unpaired) electrons. The zero-order valence-electron chi connectivity index (χ0n) is 11.7. The van der Waals surface area contributed by atoms with E-state index in [0.29, 0.717) is 11.1 Å². The van der Waals surface area contributed by atoms with Gasteiger partial charge >= 0.3 is 0 Å². The summed E-state index contributed by atoms with van der Waals surface area (Å²) in [6.07, 6.45) is -1.57. The fraction of sp³-hybridized carbons (Fsp3) is 0.385. The number of carbonyl (C=O) groups is 2. The summed E-state index contributed by atoms with van der Waals surface area (Å²) in [5.74, 6) is -0.972. The number of imide groups is 1. The van der Waals surface area contributed by atoms with Crippen LogP contribution in [0.2, 0.25) is 0 Å². The third-order valence-corrected chi connectivity index (χ3v) is 3.54. The lowest BCUT2D eigenvalue weighted by Crippen LogP contribution is -2.53. The summed E-state index contributed by atoms with van der Waals surface area (Å²) in [6.45, 7) is 1.78. The smallest absolute Gasteiger partial charge is 0.264 e. The maximum Gasteiger partial charge on any atom is 0.264 e. The lowest BCUT2D eigenvalue weighted by molar-refractivity contribution is -0.728. The van der Waals surface area contributed by atoms with Crippen molar-refractivity contribution in [3.05, 3.63) is 40.6 Å². The molecule has 3 rings (SSSR count). The normalized spacial score (nSPS) is 20.0. The van der Waals surface area contributed by atoms with E-state index in [1.54, 1.807) is 24.3 Å². The Hall–Kier alpha value is -2.68. The van der Waals surface area contributed by atoms with Crippen LogP contribution in [0.3, 0.4) is 0 Å². The SMILES string of the molecule is CC(O/N=[N+](\[O-])N1CC(O)C1)N1C(=O)c2ccccc2C1=O. The fourth-order valence-electron chi connectivity index (χ4n) is 2.32. The largest absolute Gasteiger partial charge is 0.569 e. The Morgan fingerprint density at radius 2 is 1.86 bits per heavy atom. The molecule has 0 saturated carbocycles. The van der Waals surface area contributed by atoms with Gasteiger partial charge in [0.15, 0.2) is 0 Å². The van der Waals surface area contributed by atoms with Crippen LogP contribution < -0.4 is 0 Å². The number of benzene rings is 1. The minimum absolute atomic E-state index is 0.164. The number of rotatable bonds is 4. The highest BCUT2D eigenvalue weighted by molar-refractivity contribution is 6.21. The number of nitrogens with zero attached hydrogens (tertiary/aromatic N) is 4. The highest BCUT2D eigenvalue weighted by Crippen LogP contribution is 2.24. The fourth-order valence-corrected chi connectivity index (χ4v) is 2.32. The van der Waals surface area contributed by atoms with Gasteiger partial charge in [0.2, 0.25) is 11.5 Å². The summed E-state index contributed by atoms with van der Waals surface area (Å²) >= 11 is 0. The predicted octanol–water partition coefficient (Wildman–Crippen LogP) is 0.114.